The highest BCUT2D eigenvalue weighted by Crippen LogP contribution is 2.35. The monoisotopic (exact) mass is 294 g/mol. The first-order valence-electron chi connectivity index (χ1n) is 7.15. The third kappa shape index (κ3) is 2.26. The van der Waals surface area contributed by atoms with Gasteiger partial charge in [0, 0.05) is 28.4 Å². The van der Waals surface area contributed by atoms with Gasteiger partial charge in [0.05, 0.1) is 12.6 Å². The molecule has 1 aromatic carbocycles. The van der Waals surface area contributed by atoms with Crippen LogP contribution in [-0.2, 0) is 0 Å². The van der Waals surface area contributed by atoms with Gasteiger partial charge in [-0.1, -0.05) is 0 Å². The zero-order valence-corrected chi connectivity index (χ0v) is 13.2. The Bertz CT molecular complexity index is 926. The second kappa shape index (κ2) is 5.30. The molecular weight excluding hydrogens is 276 g/mol. The lowest BCUT2D eigenvalue weighted by atomic mass is 9.98. The Labute approximate surface area is 128 Å². The molecule has 2 heterocycles. The van der Waals surface area contributed by atoms with Crippen molar-refractivity contribution in [3.8, 4) is 16.9 Å². The highest BCUT2D eigenvalue weighted by molar-refractivity contribution is 5.98. The maximum absolute atomic E-state index is 12.3. The van der Waals surface area contributed by atoms with Crippen LogP contribution in [0.3, 0.4) is 0 Å². The van der Waals surface area contributed by atoms with Gasteiger partial charge in [-0.3, -0.25) is 9.78 Å². The summed E-state index contributed by atoms with van der Waals surface area (Å²) >= 11 is 0. The van der Waals surface area contributed by atoms with Crippen LogP contribution in [-0.4, -0.2) is 17.1 Å². The van der Waals surface area contributed by atoms with Gasteiger partial charge in [0.1, 0.15) is 5.75 Å². The molecule has 0 aliphatic heterocycles. The molecule has 3 rings (SSSR count). The number of rotatable bonds is 2. The summed E-state index contributed by atoms with van der Waals surface area (Å²) in [6, 6.07) is 7.75. The van der Waals surface area contributed by atoms with Gasteiger partial charge in [0.25, 0.3) is 5.56 Å². The van der Waals surface area contributed by atoms with E-state index >= 15 is 0 Å². The van der Waals surface area contributed by atoms with E-state index in [1.165, 1.54) is 0 Å². The number of pyridine rings is 2. The molecular formula is C18H18N2O2. The van der Waals surface area contributed by atoms with Gasteiger partial charge in [0.2, 0.25) is 0 Å². The van der Waals surface area contributed by atoms with Crippen LogP contribution in [0.25, 0.3) is 22.0 Å². The third-order valence-corrected chi connectivity index (χ3v) is 3.79. The largest absolute Gasteiger partial charge is 0.496 e. The van der Waals surface area contributed by atoms with Crippen molar-refractivity contribution in [1.29, 1.82) is 0 Å². The van der Waals surface area contributed by atoms with Gasteiger partial charge in [-0.15, -0.1) is 0 Å². The highest BCUT2D eigenvalue weighted by atomic mass is 16.5. The van der Waals surface area contributed by atoms with Crippen molar-refractivity contribution in [3.63, 3.8) is 0 Å². The van der Waals surface area contributed by atoms with E-state index in [0.717, 1.165) is 39.0 Å². The topological polar surface area (TPSA) is 55.0 Å². The number of aryl methyl sites for hydroxylation is 3. The molecule has 2 aromatic heterocycles. The van der Waals surface area contributed by atoms with E-state index in [4.69, 9.17) is 4.74 Å². The van der Waals surface area contributed by atoms with E-state index in [9.17, 15) is 4.79 Å². The quantitative estimate of drug-likeness (QED) is 0.786. The number of methoxy groups -OCH3 is 1. The van der Waals surface area contributed by atoms with Crippen molar-refractivity contribution in [2.75, 3.05) is 7.11 Å². The summed E-state index contributed by atoms with van der Waals surface area (Å²) in [5.74, 6) is 0.804. The van der Waals surface area contributed by atoms with Crippen LogP contribution < -0.4 is 10.3 Å². The molecule has 3 aromatic rings. The first-order valence-corrected chi connectivity index (χ1v) is 7.15. The van der Waals surface area contributed by atoms with E-state index in [1.807, 2.05) is 51.2 Å². The highest BCUT2D eigenvalue weighted by Gasteiger charge is 2.15. The molecule has 0 amide bonds. The molecule has 0 saturated heterocycles. The van der Waals surface area contributed by atoms with Gasteiger partial charge < -0.3 is 9.72 Å². The van der Waals surface area contributed by atoms with Crippen LogP contribution in [0.5, 0.6) is 5.75 Å². The fourth-order valence-corrected chi connectivity index (χ4v) is 2.78. The molecule has 4 heteroatoms. The van der Waals surface area contributed by atoms with Crippen molar-refractivity contribution in [2.24, 2.45) is 0 Å². The van der Waals surface area contributed by atoms with E-state index in [2.05, 4.69) is 9.97 Å². The average molecular weight is 294 g/mol. The van der Waals surface area contributed by atoms with Gasteiger partial charge in [-0.05, 0) is 56.2 Å². The van der Waals surface area contributed by atoms with Crippen LogP contribution >= 0.6 is 0 Å². The minimum atomic E-state index is -0.103. The van der Waals surface area contributed by atoms with Crippen LogP contribution in [0.15, 0.2) is 35.3 Å². The summed E-state index contributed by atoms with van der Waals surface area (Å²) in [7, 11) is 1.66. The Hall–Kier alpha value is -2.62. The van der Waals surface area contributed by atoms with Crippen LogP contribution in [0.2, 0.25) is 0 Å². The predicted octanol–water partition coefficient (Wildman–Crippen LogP) is 3.52. The lowest BCUT2D eigenvalue weighted by Gasteiger charge is -2.13. The summed E-state index contributed by atoms with van der Waals surface area (Å²) in [5.41, 5.74) is 5.01. The fourth-order valence-electron chi connectivity index (χ4n) is 2.78. The van der Waals surface area contributed by atoms with E-state index in [0.29, 0.717) is 5.56 Å². The number of hydrogen-bond acceptors (Lipinski definition) is 3. The summed E-state index contributed by atoms with van der Waals surface area (Å²) in [5, 5.41) is 0.928. The number of benzene rings is 1. The lowest BCUT2D eigenvalue weighted by molar-refractivity contribution is 0.417. The van der Waals surface area contributed by atoms with Gasteiger partial charge >= 0.3 is 0 Å². The Morgan fingerprint density at radius 3 is 2.55 bits per heavy atom. The molecule has 0 radical (unpaired) electrons. The molecule has 0 atom stereocenters. The third-order valence-electron chi connectivity index (χ3n) is 3.79. The predicted molar refractivity (Wildman–Crippen MR) is 88.6 cm³/mol. The second-order valence-corrected chi connectivity index (χ2v) is 5.57. The molecule has 1 N–H and O–H groups in total. The standard InChI is InChI=1S/C18H18N2O2/c1-10-7-15-16(19-9-10)14(8-11(2)17(15)22-4)13-6-5-12(3)20-18(13)21/h5-9H,1-4H3,(H,20,21). The number of hydrogen-bond donors (Lipinski definition) is 1. The second-order valence-electron chi connectivity index (χ2n) is 5.57. The van der Waals surface area contributed by atoms with Gasteiger partial charge in [-0.25, -0.2) is 0 Å². The van der Waals surface area contributed by atoms with Crippen LogP contribution in [0.4, 0.5) is 0 Å². The molecule has 4 nitrogen and oxygen atoms in total. The van der Waals surface area contributed by atoms with Crippen molar-refractivity contribution >= 4 is 10.9 Å². The summed E-state index contributed by atoms with van der Waals surface area (Å²) in [4.78, 5) is 19.7. The zero-order chi connectivity index (χ0) is 15.9. The minimum Gasteiger partial charge on any atom is -0.496 e. The number of aromatic nitrogens is 2. The number of nitrogens with zero attached hydrogens (tertiary/aromatic N) is 1. The average Bonchev–Trinajstić information content (AvgIpc) is 2.46. The van der Waals surface area contributed by atoms with Crippen molar-refractivity contribution in [3.05, 3.63) is 57.6 Å². The van der Waals surface area contributed by atoms with Gasteiger partial charge in [0.15, 0.2) is 0 Å². The number of aromatic amines is 1. The number of fused-ring (bicyclic) bond motifs is 1. The maximum atomic E-state index is 12.3. The molecule has 112 valence electrons. The first-order chi connectivity index (χ1) is 10.5. The normalized spacial score (nSPS) is 10.9. The van der Waals surface area contributed by atoms with Crippen molar-refractivity contribution in [2.45, 2.75) is 20.8 Å². The number of H-pyrrole nitrogens is 1. The summed E-state index contributed by atoms with van der Waals surface area (Å²) in [6.07, 6.45) is 1.81. The smallest absolute Gasteiger partial charge is 0.256 e. The molecule has 0 aliphatic carbocycles. The summed E-state index contributed by atoms with van der Waals surface area (Å²) in [6.45, 7) is 5.84. The van der Waals surface area contributed by atoms with Crippen LogP contribution in [0, 0.1) is 20.8 Å². The van der Waals surface area contributed by atoms with E-state index in [1.54, 1.807) is 7.11 Å². The first kappa shape index (κ1) is 14.3. The molecule has 22 heavy (non-hydrogen) atoms. The molecule has 0 bridgehead atoms. The van der Waals surface area contributed by atoms with E-state index in [-0.39, 0.29) is 5.56 Å². The molecule has 0 fully saturated rings. The minimum absolute atomic E-state index is 0.103. The fraction of sp³-hybridized carbons (Fsp3) is 0.222. The lowest BCUT2D eigenvalue weighted by Crippen LogP contribution is -2.10. The van der Waals surface area contributed by atoms with Gasteiger partial charge in [-0.2, -0.15) is 0 Å². The molecule has 0 saturated carbocycles. The van der Waals surface area contributed by atoms with E-state index < -0.39 is 0 Å². The number of ether oxygens (including phenoxy) is 1. The van der Waals surface area contributed by atoms with Crippen LogP contribution in [0.1, 0.15) is 16.8 Å². The van der Waals surface area contributed by atoms with Crippen molar-refractivity contribution < 1.29 is 4.74 Å². The Kier molecular flexibility index (Phi) is 3.45. The Morgan fingerprint density at radius 1 is 1.09 bits per heavy atom. The molecule has 0 spiro atoms. The van der Waals surface area contributed by atoms with Crippen molar-refractivity contribution in [1.82, 2.24) is 9.97 Å². The molecule has 0 unspecified atom stereocenters. The number of nitrogens with one attached hydrogen (secondary N) is 1. The summed E-state index contributed by atoms with van der Waals surface area (Å²) < 4.78 is 5.53. The molecule has 0 aliphatic rings. The Balaban J connectivity index is 2.42. The maximum Gasteiger partial charge on any atom is 0.256 e. The zero-order valence-electron chi connectivity index (χ0n) is 13.2. The SMILES string of the molecule is COc1c(C)cc(-c2ccc(C)[nH]c2=O)c2ncc(C)cc12. The Morgan fingerprint density at radius 2 is 1.86 bits per heavy atom.